The molecular weight excluding hydrogens is 590 g/mol. The highest BCUT2D eigenvalue weighted by atomic mass is 32.2. The number of fused-ring (bicyclic) bond motifs is 1. The number of sulfonamides is 1. The van der Waals surface area contributed by atoms with Crippen molar-refractivity contribution in [2.75, 3.05) is 39.1 Å². The fourth-order valence-corrected chi connectivity index (χ4v) is 6.15. The molecule has 0 bridgehead atoms. The van der Waals surface area contributed by atoms with E-state index >= 15 is 0 Å². The lowest BCUT2D eigenvalue weighted by Gasteiger charge is -2.31. The van der Waals surface area contributed by atoms with Crippen molar-refractivity contribution in [3.63, 3.8) is 0 Å². The van der Waals surface area contributed by atoms with Gasteiger partial charge in [0.1, 0.15) is 6.04 Å². The van der Waals surface area contributed by atoms with E-state index < -0.39 is 40.2 Å². The number of hydrogen-bond donors (Lipinski definition) is 6. The van der Waals surface area contributed by atoms with Crippen LogP contribution in [-0.4, -0.2) is 97.7 Å². The molecule has 15 heteroatoms. The van der Waals surface area contributed by atoms with Gasteiger partial charge >= 0.3 is 6.09 Å². The number of imidazole rings is 1. The molecule has 0 saturated carbocycles. The molecule has 0 aliphatic heterocycles. The summed E-state index contributed by atoms with van der Waals surface area (Å²) in [6, 6.07) is 11.7. The van der Waals surface area contributed by atoms with Crippen LogP contribution in [0.15, 0.2) is 53.4 Å². The molecule has 3 rings (SSSR count). The summed E-state index contributed by atoms with van der Waals surface area (Å²) in [5.41, 5.74) is 1.61. The van der Waals surface area contributed by atoms with Crippen molar-refractivity contribution in [2.24, 2.45) is 5.92 Å². The van der Waals surface area contributed by atoms with Gasteiger partial charge in [-0.05, 0) is 50.1 Å². The SMILES string of the molecule is CNCC(=O)NC(C)C(=O)NC(Cc1ccccc1)C(O)CN(CC(C)C)S(=O)(=O)c1ccc2nc(NC(=O)OC)[nH]c2c1. The number of hydrogen-bond acceptors (Lipinski definition) is 9. The molecule has 240 valence electrons. The van der Waals surface area contributed by atoms with Crippen LogP contribution >= 0.6 is 0 Å². The van der Waals surface area contributed by atoms with Gasteiger partial charge in [-0.3, -0.25) is 14.9 Å². The molecule has 0 spiro atoms. The number of H-pyrrole nitrogens is 1. The fourth-order valence-electron chi connectivity index (χ4n) is 4.50. The summed E-state index contributed by atoms with van der Waals surface area (Å²) in [4.78, 5) is 43.6. The van der Waals surface area contributed by atoms with Crippen LogP contribution in [0, 0.1) is 5.92 Å². The number of carbonyl (C=O) groups is 3. The van der Waals surface area contributed by atoms with E-state index in [0.29, 0.717) is 11.0 Å². The third-order valence-electron chi connectivity index (χ3n) is 6.66. The average molecular weight is 632 g/mol. The van der Waals surface area contributed by atoms with Crippen LogP contribution in [0.1, 0.15) is 26.3 Å². The number of benzene rings is 2. The summed E-state index contributed by atoms with van der Waals surface area (Å²) in [6.07, 6.45) is -1.82. The van der Waals surface area contributed by atoms with Crippen molar-refractivity contribution in [1.82, 2.24) is 30.2 Å². The number of rotatable bonds is 15. The Labute approximate surface area is 257 Å². The number of aromatic nitrogens is 2. The third-order valence-corrected chi connectivity index (χ3v) is 8.48. The smallest absolute Gasteiger partial charge is 0.413 e. The maximum Gasteiger partial charge on any atom is 0.413 e. The van der Waals surface area contributed by atoms with E-state index in [4.69, 9.17) is 0 Å². The Kier molecular flexibility index (Phi) is 12.2. The number of carbonyl (C=O) groups excluding carboxylic acids is 3. The third kappa shape index (κ3) is 9.47. The molecule has 44 heavy (non-hydrogen) atoms. The second-order valence-electron chi connectivity index (χ2n) is 10.8. The van der Waals surface area contributed by atoms with Gasteiger partial charge in [0.05, 0.1) is 41.7 Å². The van der Waals surface area contributed by atoms with Crippen molar-refractivity contribution < 1.29 is 32.6 Å². The Morgan fingerprint density at radius 3 is 2.39 bits per heavy atom. The Morgan fingerprint density at radius 1 is 1.05 bits per heavy atom. The molecule has 3 unspecified atom stereocenters. The Hall–Kier alpha value is -4.05. The fraction of sp³-hybridized carbons (Fsp3) is 0.448. The first-order valence-electron chi connectivity index (χ1n) is 14.1. The molecule has 0 saturated heterocycles. The molecule has 0 fully saturated rings. The predicted molar refractivity (Wildman–Crippen MR) is 165 cm³/mol. The van der Waals surface area contributed by atoms with Crippen molar-refractivity contribution in [2.45, 2.75) is 50.3 Å². The first-order valence-corrected chi connectivity index (χ1v) is 15.6. The maximum absolute atomic E-state index is 13.9. The van der Waals surface area contributed by atoms with Gasteiger partial charge in [0.2, 0.25) is 27.8 Å². The van der Waals surface area contributed by atoms with Crippen molar-refractivity contribution >= 4 is 44.9 Å². The number of nitrogens with one attached hydrogen (secondary N) is 5. The minimum Gasteiger partial charge on any atom is -0.453 e. The standard InChI is InChI=1S/C29H41N7O7S/c1-18(2)16-36(44(41,42)21-11-12-22-23(14-21)34-28(33-22)35-29(40)43-5)17-25(37)24(13-20-9-7-6-8-10-20)32-27(39)19(3)31-26(38)15-30-4/h6-12,14,18-19,24-25,30,37H,13,15-17H2,1-5H3,(H,31,38)(H,32,39)(H2,33,34,35,40). The minimum absolute atomic E-state index is 0.0309. The Bertz CT molecular complexity index is 1530. The highest BCUT2D eigenvalue weighted by molar-refractivity contribution is 7.89. The molecule has 2 aromatic carbocycles. The lowest BCUT2D eigenvalue weighted by atomic mass is 10.0. The molecule has 1 heterocycles. The number of aliphatic hydroxyl groups excluding tert-OH is 1. The second kappa shape index (κ2) is 15.6. The molecule has 0 radical (unpaired) electrons. The van der Waals surface area contributed by atoms with Crippen LogP contribution in [0.3, 0.4) is 0 Å². The molecule has 3 aromatic rings. The van der Waals surface area contributed by atoms with E-state index in [1.54, 1.807) is 7.05 Å². The molecule has 3 amide bonds. The summed E-state index contributed by atoms with van der Waals surface area (Å²) in [6.45, 7) is 5.06. The molecule has 1 aromatic heterocycles. The number of anilines is 1. The number of ether oxygens (including phenoxy) is 1. The van der Waals surface area contributed by atoms with Crippen LogP contribution in [0.5, 0.6) is 0 Å². The van der Waals surface area contributed by atoms with E-state index in [1.807, 2.05) is 44.2 Å². The number of aromatic amines is 1. The van der Waals surface area contributed by atoms with Gasteiger partial charge in [0.25, 0.3) is 0 Å². The Balaban J connectivity index is 1.88. The second-order valence-corrected chi connectivity index (χ2v) is 12.7. The quantitative estimate of drug-likeness (QED) is 0.143. The Morgan fingerprint density at radius 2 is 1.75 bits per heavy atom. The summed E-state index contributed by atoms with van der Waals surface area (Å²) in [5, 5.41) is 22.0. The number of methoxy groups -OCH3 is 1. The highest BCUT2D eigenvalue weighted by Gasteiger charge is 2.32. The van der Waals surface area contributed by atoms with Crippen molar-refractivity contribution in [1.29, 1.82) is 0 Å². The number of amides is 3. The van der Waals surface area contributed by atoms with E-state index in [9.17, 15) is 27.9 Å². The normalized spacial score (nSPS) is 13.8. The summed E-state index contributed by atoms with van der Waals surface area (Å²) < 4.78 is 33.6. The summed E-state index contributed by atoms with van der Waals surface area (Å²) in [7, 11) is -1.32. The number of nitrogens with zero attached hydrogens (tertiary/aromatic N) is 2. The van der Waals surface area contributed by atoms with Crippen LogP contribution < -0.4 is 21.3 Å². The van der Waals surface area contributed by atoms with Crippen LogP contribution in [0.2, 0.25) is 0 Å². The zero-order valence-corrected chi connectivity index (χ0v) is 26.3. The van der Waals surface area contributed by atoms with Crippen LogP contribution in [0.25, 0.3) is 11.0 Å². The van der Waals surface area contributed by atoms with Gasteiger partial charge in [0, 0.05) is 13.1 Å². The maximum atomic E-state index is 13.9. The van der Waals surface area contributed by atoms with Gasteiger partial charge in [-0.25, -0.2) is 18.2 Å². The van der Waals surface area contributed by atoms with Gasteiger partial charge in [0.15, 0.2) is 0 Å². The van der Waals surface area contributed by atoms with E-state index in [-0.39, 0.29) is 48.7 Å². The summed E-state index contributed by atoms with van der Waals surface area (Å²) in [5.74, 6) is -0.888. The number of likely N-dealkylation sites (N-methyl/N-ethyl adjacent to an activating group) is 1. The molecule has 0 aliphatic carbocycles. The molecule has 6 N–H and O–H groups in total. The zero-order chi connectivity index (χ0) is 32.4. The lowest BCUT2D eigenvalue weighted by Crippen LogP contribution is -2.55. The highest BCUT2D eigenvalue weighted by Crippen LogP contribution is 2.24. The van der Waals surface area contributed by atoms with E-state index in [2.05, 4.69) is 36.0 Å². The van der Waals surface area contributed by atoms with E-state index in [0.717, 1.165) is 5.56 Å². The van der Waals surface area contributed by atoms with Crippen molar-refractivity contribution in [3.05, 3.63) is 54.1 Å². The zero-order valence-electron chi connectivity index (χ0n) is 25.5. The molecule has 14 nitrogen and oxygen atoms in total. The first kappa shape index (κ1) is 34.4. The van der Waals surface area contributed by atoms with Crippen molar-refractivity contribution in [3.8, 4) is 0 Å². The van der Waals surface area contributed by atoms with Gasteiger partial charge in [-0.1, -0.05) is 44.2 Å². The van der Waals surface area contributed by atoms with Gasteiger partial charge < -0.3 is 30.8 Å². The average Bonchev–Trinajstić information content (AvgIpc) is 3.38. The first-order chi connectivity index (χ1) is 20.8. The predicted octanol–water partition coefficient (Wildman–Crippen LogP) is 1.20. The van der Waals surface area contributed by atoms with Crippen LogP contribution in [-0.2, 0) is 30.8 Å². The topological polar surface area (TPSA) is 195 Å². The monoisotopic (exact) mass is 631 g/mol. The molecule has 0 aliphatic rings. The molecule has 3 atom stereocenters. The lowest BCUT2D eigenvalue weighted by molar-refractivity contribution is -0.129. The minimum atomic E-state index is -4.14. The summed E-state index contributed by atoms with van der Waals surface area (Å²) >= 11 is 0. The largest absolute Gasteiger partial charge is 0.453 e. The molecular formula is C29H41N7O7S. The van der Waals surface area contributed by atoms with Crippen LogP contribution in [0.4, 0.5) is 10.7 Å². The number of aliphatic hydroxyl groups is 1. The van der Waals surface area contributed by atoms with Gasteiger partial charge in [-0.15, -0.1) is 0 Å². The van der Waals surface area contributed by atoms with E-state index in [1.165, 1.54) is 36.5 Å². The van der Waals surface area contributed by atoms with Gasteiger partial charge in [-0.2, -0.15) is 4.31 Å².